The Labute approximate surface area is 111 Å². The van der Waals surface area contributed by atoms with Crippen LogP contribution < -0.4 is 5.32 Å². The van der Waals surface area contributed by atoms with Crippen LogP contribution in [0.15, 0.2) is 0 Å². The quantitative estimate of drug-likeness (QED) is 0.744. The molecule has 0 bridgehead atoms. The number of thioether (sulfide) groups is 1. The average molecular weight is 259 g/mol. The van der Waals surface area contributed by atoms with Gasteiger partial charge in [0.25, 0.3) is 0 Å². The summed E-state index contributed by atoms with van der Waals surface area (Å²) >= 11 is 1.96. The predicted molar refractivity (Wildman–Crippen MR) is 79.0 cm³/mol. The molecule has 1 atom stereocenters. The third-order valence-electron chi connectivity index (χ3n) is 3.66. The van der Waals surface area contributed by atoms with E-state index in [2.05, 4.69) is 35.3 Å². The Morgan fingerprint density at radius 2 is 2.18 bits per heavy atom. The molecule has 0 aliphatic carbocycles. The van der Waals surface area contributed by atoms with E-state index in [9.17, 15) is 0 Å². The minimum atomic E-state index is 0.745. The topological polar surface area (TPSA) is 18.5 Å². The maximum absolute atomic E-state index is 3.46. The number of nitrogens with one attached hydrogen (secondary N) is 1. The first kappa shape index (κ1) is 15.3. The van der Waals surface area contributed by atoms with Gasteiger partial charge in [-0.05, 0) is 39.2 Å². The van der Waals surface area contributed by atoms with E-state index in [0.717, 1.165) is 12.6 Å². The van der Waals surface area contributed by atoms with Crippen LogP contribution in [0.25, 0.3) is 0 Å². The zero-order valence-corrected chi connectivity index (χ0v) is 12.6. The van der Waals surface area contributed by atoms with Gasteiger partial charge in [-0.3, -0.25) is 0 Å². The Morgan fingerprint density at radius 3 is 2.88 bits per heavy atom. The van der Waals surface area contributed by atoms with Gasteiger partial charge in [0.05, 0.1) is 0 Å². The molecule has 1 heterocycles. The molecule has 1 rings (SSSR count). The number of nitrogens with zero attached hydrogens (tertiary/aromatic N) is 2. The van der Waals surface area contributed by atoms with E-state index in [1.54, 1.807) is 0 Å². The highest BCUT2D eigenvalue weighted by molar-refractivity contribution is 7.98. The van der Waals surface area contributed by atoms with Crippen molar-refractivity contribution in [3.63, 3.8) is 0 Å². The Balaban J connectivity index is 2.22. The maximum Gasteiger partial charge on any atom is 0.0181 e. The molecule has 1 N–H and O–H groups in total. The molecule has 0 radical (unpaired) electrons. The molecule has 102 valence electrons. The summed E-state index contributed by atoms with van der Waals surface area (Å²) in [6.07, 6.45) is 4.77. The number of rotatable bonds is 7. The van der Waals surface area contributed by atoms with Crippen molar-refractivity contribution in [1.82, 2.24) is 15.1 Å². The van der Waals surface area contributed by atoms with Crippen LogP contribution in [0.2, 0.25) is 0 Å². The lowest BCUT2D eigenvalue weighted by Crippen LogP contribution is -2.40. The Bertz CT molecular complexity index is 182. The smallest absolute Gasteiger partial charge is 0.0181 e. The van der Waals surface area contributed by atoms with Gasteiger partial charge in [-0.25, -0.2) is 0 Å². The van der Waals surface area contributed by atoms with Crippen molar-refractivity contribution in [3.05, 3.63) is 0 Å². The van der Waals surface area contributed by atoms with Gasteiger partial charge in [0, 0.05) is 38.0 Å². The summed E-state index contributed by atoms with van der Waals surface area (Å²) in [5.41, 5.74) is 0. The fraction of sp³-hybridized carbons (Fsp3) is 1.00. The first-order valence-corrected chi connectivity index (χ1v) is 8.29. The lowest BCUT2D eigenvalue weighted by atomic mass is 10.2. The molecule has 0 spiro atoms. The highest BCUT2D eigenvalue weighted by atomic mass is 32.2. The third-order valence-corrected chi connectivity index (χ3v) is 4.37. The van der Waals surface area contributed by atoms with Crippen LogP contribution in [0.5, 0.6) is 0 Å². The van der Waals surface area contributed by atoms with Gasteiger partial charge in [-0.15, -0.1) is 0 Å². The molecule has 0 amide bonds. The van der Waals surface area contributed by atoms with E-state index in [-0.39, 0.29) is 0 Å². The van der Waals surface area contributed by atoms with E-state index in [1.165, 1.54) is 51.3 Å². The van der Waals surface area contributed by atoms with Gasteiger partial charge in [-0.2, -0.15) is 11.8 Å². The molecule has 1 aliphatic rings. The van der Waals surface area contributed by atoms with Crippen LogP contribution in [0.1, 0.15) is 19.8 Å². The predicted octanol–water partition coefficient (Wildman–Crippen LogP) is 1.36. The standard InChI is InChI=1S/C13H29N3S/c1-4-13(12-17-3)15(2)10-11-16-8-5-6-14-7-9-16/h13-14H,4-12H2,1-3H3. The summed E-state index contributed by atoms with van der Waals surface area (Å²) in [5, 5.41) is 3.46. The summed E-state index contributed by atoms with van der Waals surface area (Å²) < 4.78 is 0. The second kappa shape index (κ2) is 9.20. The monoisotopic (exact) mass is 259 g/mol. The first-order valence-electron chi connectivity index (χ1n) is 6.90. The Morgan fingerprint density at radius 1 is 1.35 bits per heavy atom. The molecular weight excluding hydrogens is 230 g/mol. The number of hydrogen-bond acceptors (Lipinski definition) is 4. The second-order valence-electron chi connectivity index (χ2n) is 4.94. The SMILES string of the molecule is CCC(CSC)N(C)CCN1CCCNCC1. The van der Waals surface area contributed by atoms with Gasteiger partial charge >= 0.3 is 0 Å². The summed E-state index contributed by atoms with van der Waals surface area (Å²) in [7, 11) is 2.28. The molecule has 1 unspecified atom stereocenters. The van der Waals surface area contributed by atoms with Gasteiger partial charge < -0.3 is 15.1 Å². The van der Waals surface area contributed by atoms with Crippen molar-refractivity contribution in [3.8, 4) is 0 Å². The molecule has 4 heteroatoms. The van der Waals surface area contributed by atoms with E-state index in [4.69, 9.17) is 0 Å². The lowest BCUT2D eigenvalue weighted by molar-refractivity contribution is 0.201. The van der Waals surface area contributed by atoms with Crippen molar-refractivity contribution < 1.29 is 0 Å². The van der Waals surface area contributed by atoms with Crippen LogP contribution in [0.3, 0.4) is 0 Å². The normalized spacial score (nSPS) is 20.5. The Hall–Kier alpha value is 0.230. The van der Waals surface area contributed by atoms with E-state index >= 15 is 0 Å². The van der Waals surface area contributed by atoms with Crippen LogP contribution in [0, 0.1) is 0 Å². The molecule has 3 nitrogen and oxygen atoms in total. The van der Waals surface area contributed by atoms with Gasteiger partial charge in [0.15, 0.2) is 0 Å². The van der Waals surface area contributed by atoms with Gasteiger partial charge in [-0.1, -0.05) is 6.92 Å². The molecular formula is C13H29N3S. The minimum absolute atomic E-state index is 0.745. The fourth-order valence-corrected chi connectivity index (χ4v) is 3.23. The summed E-state index contributed by atoms with van der Waals surface area (Å²) in [4.78, 5) is 5.14. The van der Waals surface area contributed by atoms with E-state index in [1.807, 2.05) is 11.8 Å². The molecule has 0 aromatic heterocycles. The Kier molecular flexibility index (Phi) is 8.27. The molecule has 1 saturated heterocycles. The summed E-state index contributed by atoms with van der Waals surface area (Å²) in [6.45, 7) is 9.56. The molecule has 1 aliphatic heterocycles. The fourth-order valence-electron chi connectivity index (χ4n) is 2.36. The van der Waals surface area contributed by atoms with E-state index < -0.39 is 0 Å². The van der Waals surface area contributed by atoms with Crippen LogP contribution in [0.4, 0.5) is 0 Å². The lowest BCUT2D eigenvalue weighted by Gasteiger charge is -2.29. The molecule has 0 saturated carbocycles. The highest BCUT2D eigenvalue weighted by Gasteiger charge is 2.14. The van der Waals surface area contributed by atoms with Crippen LogP contribution in [-0.2, 0) is 0 Å². The van der Waals surface area contributed by atoms with Gasteiger partial charge in [0.2, 0.25) is 0 Å². The van der Waals surface area contributed by atoms with Crippen molar-refractivity contribution in [1.29, 1.82) is 0 Å². The van der Waals surface area contributed by atoms with Crippen molar-refractivity contribution >= 4 is 11.8 Å². The molecule has 17 heavy (non-hydrogen) atoms. The number of likely N-dealkylation sites (N-methyl/N-ethyl adjacent to an activating group) is 1. The first-order chi connectivity index (χ1) is 8.27. The molecule has 0 aromatic carbocycles. The largest absolute Gasteiger partial charge is 0.315 e. The third kappa shape index (κ3) is 6.09. The van der Waals surface area contributed by atoms with Crippen LogP contribution >= 0.6 is 11.8 Å². The molecule has 1 fully saturated rings. The van der Waals surface area contributed by atoms with E-state index in [0.29, 0.717) is 0 Å². The molecule has 0 aromatic rings. The second-order valence-corrected chi connectivity index (χ2v) is 5.85. The van der Waals surface area contributed by atoms with Crippen molar-refractivity contribution in [2.75, 3.05) is 58.3 Å². The van der Waals surface area contributed by atoms with Crippen molar-refractivity contribution in [2.24, 2.45) is 0 Å². The summed E-state index contributed by atoms with van der Waals surface area (Å²) in [5.74, 6) is 1.26. The highest BCUT2D eigenvalue weighted by Crippen LogP contribution is 2.08. The zero-order valence-electron chi connectivity index (χ0n) is 11.7. The van der Waals surface area contributed by atoms with Crippen molar-refractivity contribution in [2.45, 2.75) is 25.8 Å². The number of hydrogen-bond donors (Lipinski definition) is 1. The van der Waals surface area contributed by atoms with Crippen LogP contribution in [-0.4, -0.2) is 74.2 Å². The zero-order chi connectivity index (χ0) is 12.5. The minimum Gasteiger partial charge on any atom is -0.315 e. The maximum atomic E-state index is 3.46. The van der Waals surface area contributed by atoms with Gasteiger partial charge in [0.1, 0.15) is 0 Å². The average Bonchev–Trinajstić information content (AvgIpc) is 2.61. The summed E-state index contributed by atoms with van der Waals surface area (Å²) in [6, 6.07) is 0.745.